The fraction of sp³-hybridized carbons (Fsp3) is 0.387. The summed E-state index contributed by atoms with van der Waals surface area (Å²) in [7, 11) is 0. The molecule has 0 aliphatic carbocycles. The topological polar surface area (TPSA) is 72.2 Å². The van der Waals surface area contributed by atoms with E-state index in [1.54, 1.807) is 17.6 Å². The van der Waals surface area contributed by atoms with Gasteiger partial charge in [-0.25, -0.2) is 14.3 Å². The molecule has 0 radical (unpaired) electrons. The van der Waals surface area contributed by atoms with Gasteiger partial charge in [0, 0.05) is 37.8 Å². The fourth-order valence-electron chi connectivity index (χ4n) is 5.31. The Kier molecular flexibility index (Phi) is 8.42. The number of imidazole rings is 1. The van der Waals surface area contributed by atoms with Gasteiger partial charge in [0.15, 0.2) is 11.3 Å². The highest BCUT2D eigenvalue weighted by Gasteiger charge is 2.34. The zero-order chi connectivity index (χ0) is 27.2. The van der Waals surface area contributed by atoms with Crippen molar-refractivity contribution in [2.45, 2.75) is 58.8 Å². The van der Waals surface area contributed by atoms with Gasteiger partial charge in [0.25, 0.3) is 0 Å². The first-order valence-electron chi connectivity index (χ1n) is 13.9. The van der Waals surface area contributed by atoms with Crippen molar-refractivity contribution in [3.8, 4) is 5.88 Å². The molecule has 8 heteroatoms. The average Bonchev–Trinajstić information content (AvgIpc) is 3.41. The Labute approximate surface area is 230 Å². The van der Waals surface area contributed by atoms with Crippen LogP contribution in [0.2, 0.25) is 0 Å². The number of nitrogens with zero attached hydrogens (tertiary/aromatic N) is 5. The van der Waals surface area contributed by atoms with Crippen LogP contribution >= 0.6 is 0 Å². The highest BCUT2D eigenvalue weighted by Crippen LogP contribution is 2.32. The zero-order valence-corrected chi connectivity index (χ0v) is 23.0. The second kappa shape index (κ2) is 12.3. The molecule has 0 bridgehead atoms. The molecular formula is C31H37N5O3. The number of esters is 1. The minimum Gasteiger partial charge on any atom is -0.472 e. The number of piperazine rings is 1. The monoisotopic (exact) mass is 527 g/mol. The number of carbonyl (C=O) groups excluding carboxylic acids is 1. The van der Waals surface area contributed by atoms with Gasteiger partial charge in [-0.15, -0.1) is 5.10 Å². The second-order valence-electron chi connectivity index (χ2n) is 9.95. The van der Waals surface area contributed by atoms with Crippen LogP contribution in [0.25, 0.3) is 5.65 Å². The Morgan fingerprint density at radius 1 is 0.923 bits per heavy atom. The van der Waals surface area contributed by atoms with Crippen molar-refractivity contribution in [2.75, 3.05) is 24.6 Å². The van der Waals surface area contributed by atoms with E-state index in [1.165, 1.54) is 5.56 Å². The Balaban J connectivity index is 1.49. The number of carbonyl (C=O) groups is 1. The molecule has 0 unspecified atom stereocenters. The van der Waals surface area contributed by atoms with Gasteiger partial charge in [-0.1, -0.05) is 74.5 Å². The van der Waals surface area contributed by atoms with Crippen LogP contribution in [0.1, 0.15) is 55.2 Å². The molecule has 0 N–H and O–H groups in total. The van der Waals surface area contributed by atoms with Crippen LogP contribution in [-0.2, 0) is 17.9 Å². The second-order valence-corrected chi connectivity index (χ2v) is 9.95. The molecule has 1 fully saturated rings. The van der Waals surface area contributed by atoms with Crippen molar-refractivity contribution in [2.24, 2.45) is 0 Å². The lowest BCUT2D eigenvalue weighted by atomic mass is 10.0. The van der Waals surface area contributed by atoms with E-state index in [9.17, 15) is 4.79 Å². The largest absolute Gasteiger partial charge is 0.472 e. The fourth-order valence-corrected chi connectivity index (χ4v) is 5.31. The number of ether oxygens (including phenoxy) is 2. The summed E-state index contributed by atoms with van der Waals surface area (Å²) in [6.07, 6.45) is 3.64. The van der Waals surface area contributed by atoms with Gasteiger partial charge in [-0.3, -0.25) is 4.90 Å². The molecule has 0 amide bonds. The summed E-state index contributed by atoms with van der Waals surface area (Å²) in [6.45, 7) is 9.67. The molecule has 0 saturated carbocycles. The molecule has 1 aliphatic heterocycles. The predicted molar refractivity (Wildman–Crippen MR) is 152 cm³/mol. The minimum absolute atomic E-state index is 0.244. The number of aromatic nitrogens is 3. The normalized spacial score (nSPS) is 17.9. The summed E-state index contributed by atoms with van der Waals surface area (Å²) in [4.78, 5) is 22.3. The maximum absolute atomic E-state index is 12.6. The standard InChI is InChI=1S/C31H37N5O3/c1-4-25-20-35(26(5-2)19-34(25)18-23-13-9-7-10-14-23)28-17-29(39-22-24-15-11-8-12-16-24)33-36-21-27(32-30(28)36)31(37)38-6-3/h7-17,21,25-26H,4-6,18-20,22H2,1-3H3/t25-,26+/m1/s1. The average molecular weight is 528 g/mol. The molecule has 8 nitrogen and oxygen atoms in total. The number of hydrogen-bond acceptors (Lipinski definition) is 7. The Morgan fingerprint density at radius 2 is 1.62 bits per heavy atom. The number of anilines is 1. The summed E-state index contributed by atoms with van der Waals surface area (Å²) < 4.78 is 13.0. The van der Waals surface area contributed by atoms with Crippen LogP contribution in [0, 0.1) is 0 Å². The number of hydrogen-bond donors (Lipinski definition) is 0. The lowest BCUT2D eigenvalue weighted by Crippen LogP contribution is -2.58. The number of benzene rings is 2. The number of fused-ring (bicyclic) bond motifs is 1. The first kappa shape index (κ1) is 26.7. The molecule has 1 aliphatic rings. The van der Waals surface area contributed by atoms with Crippen molar-refractivity contribution in [3.63, 3.8) is 0 Å². The van der Waals surface area contributed by atoms with E-state index in [-0.39, 0.29) is 18.3 Å². The van der Waals surface area contributed by atoms with Gasteiger partial charge >= 0.3 is 5.97 Å². The number of rotatable bonds is 10. The van der Waals surface area contributed by atoms with Crippen LogP contribution in [0.4, 0.5) is 5.69 Å². The van der Waals surface area contributed by atoms with Gasteiger partial charge < -0.3 is 14.4 Å². The summed E-state index contributed by atoms with van der Waals surface area (Å²) in [6, 6.07) is 23.3. The molecule has 3 heterocycles. The quantitative estimate of drug-likeness (QED) is 0.257. The Morgan fingerprint density at radius 3 is 2.28 bits per heavy atom. The van der Waals surface area contributed by atoms with E-state index in [4.69, 9.17) is 9.47 Å². The molecular weight excluding hydrogens is 490 g/mol. The van der Waals surface area contributed by atoms with E-state index in [2.05, 4.69) is 64.1 Å². The Hall–Kier alpha value is -3.91. The van der Waals surface area contributed by atoms with Crippen LogP contribution < -0.4 is 9.64 Å². The SMILES string of the molecule is CCOC(=O)c1cn2nc(OCc3ccccc3)cc(N3C[C@@H](CC)N(Cc4ccccc4)C[C@@H]3CC)c2n1. The third-order valence-electron chi connectivity index (χ3n) is 7.39. The molecule has 5 rings (SSSR count). The van der Waals surface area contributed by atoms with Gasteiger partial charge in [-0.05, 0) is 30.9 Å². The first-order valence-corrected chi connectivity index (χ1v) is 13.9. The molecule has 1 saturated heterocycles. The zero-order valence-electron chi connectivity index (χ0n) is 23.0. The van der Waals surface area contributed by atoms with Crippen LogP contribution in [-0.4, -0.2) is 57.2 Å². The summed E-state index contributed by atoms with van der Waals surface area (Å²) in [5.41, 5.74) is 4.19. The van der Waals surface area contributed by atoms with E-state index >= 15 is 0 Å². The summed E-state index contributed by atoms with van der Waals surface area (Å²) in [5, 5.41) is 4.66. The molecule has 2 aromatic heterocycles. The van der Waals surface area contributed by atoms with Crippen molar-refractivity contribution < 1.29 is 14.3 Å². The Bertz CT molecular complexity index is 1380. The van der Waals surface area contributed by atoms with E-state index in [1.807, 2.05) is 36.4 Å². The molecule has 39 heavy (non-hydrogen) atoms. The molecule has 2 aromatic carbocycles. The third kappa shape index (κ3) is 6.06. The molecule has 4 aromatic rings. The predicted octanol–water partition coefficient (Wildman–Crippen LogP) is 5.36. The van der Waals surface area contributed by atoms with Gasteiger partial charge in [0.1, 0.15) is 6.61 Å². The van der Waals surface area contributed by atoms with Gasteiger partial charge in [0.2, 0.25) is 5.88 Å². The van der Waals surface area contributed by atoms with Crippen molar-refractivity contribution in [1.82, 2.24) is 19.5 Å². The maximum atomic E-state index is 12.6. The lowest BCUT2D eigenvalue weighted by molar-refractivity contribution is 0.0520. The maximum Gasteiger partial charge on any atom is 0.358 e. The van der Waals surface area contributed by atoms with Crippen LogP contribution in [0.3, 0.4) is 0 Å². The van der Waals surface area contributed by atoms with Crippen molar-refractivity contribution in [3.05, 3.63) is 89.7 Å². The van der Waals surface area contributed by atoms with E-state index in [0.29, 0.717) is 24.2 Å². The lowest BCUT2D eigenvalue weighted by Gasteiger charge is -2.47. The van der Waals surface area contributed by atoms with Crippen molar-refractivity contribution in [1.29, 1.82) is 0 Å². The minimum atomic E-state index is -0.452. The third-order valence-corrected chi connectivity index (χ3v) is 7.39. The van der Waals surface area contributed by atoms with Crippen molar-refractivity contribution >= 4 is 17.3 Å². The van der Waals surface area contributed by atoms with Gasteiger partial charge in [-0.2, -0.15) is 0 Å². The van der Waals surface area contributed by atoms with E-state index < -0.39 is 5.97 Å². The highest BCUT2D eigenvalue weighted by molar-refractivity contribution is 5.89. The summed E-state index contributed by atoms with van der Waals surface area (Å²) >= 11 is 0. The van der Waals surface area contributed by atoms with Crippen LogP contribution in [0.5, 0.6) is 5.88 Å². The molecule has 0 spiro atoms. The van der Waals surface area contributed by atoms with Gasteiger partial charge in [0.05, 0.1) is 18.5 Å². The summed E-state index contributed by atoms with van der Waals surface area (Å²) in [5.74, 6) is 0.0376. The van der Waals surface area contributed by atoms with Crippen LogP contribution in [0.15, 0.2) is 72.9 Å². The first-order chi connectivity index (χ1) is 19.1. The smallest absolute Gasteiger partial charge is 0.358 e. The molecule has 2 atom stereocenters. The van der Waals surface area contributed by atoms with E-state index in [0.717, 1.165) is 43.7 Å². The highest BCUT2D eigenvalue weighted by atomic mass is 16.5. The molecule has 204 valence electrons.